The van der Waals surface area contributed by atoms with Crippen LogP contribution in [0.2, 0.25) is 0 Å². The zero-order chi connectivity index (χ0) is 44.2. The van der Waals surface area contributed by atoms with E-state index in [4.69, 9.17) is 0 Å². The highest BCUT2D eigenvalue weighted by Gasteiger charge is 2.40. The summed E-state index contributed by atoms with van der Waals surface area (Å²) in [6.07, 6.45) is 18.7. The van der Waals surface area contributed by atoms with Gasteiger partial charge in [0.15, 0.2) is 0 Å². The summed E-state index contributed by atoms with van der Waals surface area (Å²) in [5.74, 6) is -0.649. The third-order valence-corrected chi connectivity index (χ3v) is 15.2. The third kappa shape index (κ3) is 6.56. The van der Waals surface area contributed by atoms with Gasteiger partial charge in [-0.1, -0.05) is 166 Å². The molecule has 6 nitrogen and oxygen atoms in total. The van der Waals surface area contributed by atoms with Gasteiger partial charge in [0.2, 0.25) is 0 Å². The SMILES string of the molecule is CCCCCCC(CCCCC)N1C(=O)c2ccc3c4ccc5c6ccc7c8c(ccc(c9ccc(c%10ccc(c2c3%10)C1=O)c4c59)c86)C(=O)N(C(CCCCC)CCCCCC)C7=O. The van der Waals surface area contributed by atoms with E-state index in [-0.39, 0.29) is 35.7 Å². The van der Waals surface area contributed by atoms with Crippen LogP contribution in [0.5, 0.6) is 0 Å². The number of carbonyl (C=O) groups excluding carboxylic acids is 4. The lowest BCUT2D eigenvalue weighted by Crippen LogP contribution is -2.47. The largest absolute Gasteiger partial charge is 0.271 e. The lowest BCUT2D eigenvalue weighted by molar-refractivity contribution is 0.0501. The second kappa shape index (κ2) is 17.4. The lowest BCUT2D eigenvalue weighted by atomic mass is 9.80. The van der Waals surface area contributed by atoms with E-state index < -0.39 is 0 Å². The van der Waals surface area contributed by atoms with Crippen LogP contribution in [0, 0.1) is 0 Å². The van der Waals surface area contributed by atoms with Crippen molar-refractivity contribution in [3.05, 3.63) is 95.1 Å². The summed E-state index contributed by atoms with van der Waals surface area (Å²) in [6.45, 7) is 8.81. The second-order valence-corrected chi connectivity index (χ2v) is 19.2. The molecule has 0 saturated carbocycles. The number of imide groups is 2. The molecule has 10 rings (SSSR count). The summed E-state index contributed by atoms with van der Waals surface area (Å²) in [4.78, 5) is 61.8. The molecule has 0 radical (unpaired) electrons. The molecule has 6 heteroatoms. The summed E-state index contributed by atoms with van der Waals surface area (Å²) in [7, 11) is 0. The molecule has 0 bridgehead atoms. The quantitative estimate of drug-likeness (QED) is 0.0331. The Labute approximate surface area is 377 Å². The Hall–Kier alpha value is -5.62. The first-order valence-corrected chi connectivity index (χ1v) is 24.9. The average molecular weight is 851 g/mol. The number of benzene rings is 8. The Kier molecular flexibility index (Phi) is 11.5. The van der Waals surface area contributed by atoms with Crippen LogP contribution in [0.15, 0.2) is 72.8 Å². The minimum Gasteiger partial charge on any atom is -0.271 e. The Morgan fingerprint density at radius 2 is 0.516 bits per heavy atom. The Bertz CT molecular complexity index is 2750. The predicted molar refractivity (Wildman–Crippen MR) is 266 cm³/mol. The number of carbonyl (C=O) groups is 4. The molecule has 0 aromatic heterocycles. The van der Waals surface area contributed by atoms with E-state index in [0.717, 1.165) is 178 Å². The molecule has 64 heavy (non-hydrogen) atoms. The average Bonchev–Trinajstić information content (AvgIpc) is 3.31. The van der Waals surface area contributed by atoms with Crippen molar-refractivity contribution >= 4 is 99.0 Å². The van der Waals surface area contributed by atoms with E-state index >= 15 is 0 Å². The van der Waals surface area contributed by atoms with Gasteiger partial charge in [0, 0.05) is 45.1 Å². The fourth-order valence-electron chi connectivity index (χ4n) is 12.0. The number of hydrogen-bond acceptors (Lipinski definition) is 4. The summed E-state index contributed by atoms with van der Waals surface area (Å²) in [6, 6.07) is 24.9. The van der Waals surface area contributed by atoms with Crippen LogP contribution in [0.4, 0.5) is 0 Å². The van der Waals surface area contributed by atoms with Gasteiger partial charge in [0.05, 0.1) is 0 Å². The molecule has 0 N–H and O–H groups in total. The molecule has 2 atom stereocenters. The fraction of sp³-hybridized carbons (Fsp3) is 0.414. The van der Waals surface area contributed by atoms with E-state index in [1.165, 1.54) is 12.8 Å². The maximum absolute atomic E-state index is 14.6. The molecule has 8 aromatic carbocycles. The first-order chi connectivity index (χ1) is 31.3. The van der Waals surface area contributed by atoms with Crippen molar-refractivity contribution in [1.29, 1.82) is 0 Å². The first kappa shape index (κ1) is 42.3. The summed E-state index contributed by atoms with van der Waals surface area (Å²) in [5, 5.41) is 14.3. The molecular formula is C58H62N2O4. The minimum absolute atomic E-state index is 0.104. The van der Waals surface area contributed by atoms with Crippen LogP contribution in [0.3, 0.4) is 0 Å². The minimum atomic E-state index is -0.162. The van der Waals surface area contributed by atoms with Crippen LogP contribution < -0.4 is 0 Å². The van der Waals surface area contributed by atoms with E-state index in [2.05, 4.69) is 76.2 Å². The highest BCUT2D eigenvalue weighted by Crippen LogP contribution is 2.50. The number of hydrogen-bond donors (Lipinski definition) is 0. The molecule has 2 aliphatic rings. The number of nitrogens with zero attached hydrogens (tertiary/aromatic N) is 2. The van der Waals surface area contributed by atoms with Gasteiger partial charge in [-0.05, 0) is 115 Å². The highest BCUT2D eigenvalue weighted by molar-refractivity contribution is 6.45. The van der Waals surface area contributed by atoms with Crippen molar-refractivity contribution < 1.29 is 19.2 Å². The fourth-order valence-corrected chi connectivity index (χ4v) is 12.0. The van der Waals surface area contributed by atoms with E-state index in [1.807, 2.05) is 24.3 Å². The summed E-state index contributed by atoms with van der Waals surface area (Å²) < 4.78 is 0. The smallest absolute Gasteiger partial charge is 0.261 e. The Balaban J connectivity index is 1.10. The Morgan fingerprint density at radius 3 is 0.781 bits per heavy atom. The molecule has 2 aliphatic heterocycles. The first-order valence-electron chi connectivity index (χ1n) is 24.9. The maximum atomic E-state index is 14.6. The molecule has 328 valence electrons. The Morgan fingerprint density at radius 1 is 0.297 bits per heavy atom. The van der Waals surface area contributed by atoms with Gasteiger partial charge >= 0.3 is 0 Å². The van der Waals surface area contributed by atoms with Crippen molar-refractivity contribution in [2.75, 3.05) is 0 Å². The molecule has 0 aliphatic carbocycles. The maximum Gasteiger partial charge on any atom is 0.261 e. The molecule has 2 heterocycles. The van der Waals surface area contributed by atoms with E-state index in [1.54, 1.807) is 9.80 Å². The van der Waals surface area contributed by atoms with Crippen molar-refractivity contribution in [2.24, 2.45) is 0 Å². The zero-order valence-corrected chi connectivity index (χ0v) is 38.3. The molecule has 4 amide bonds. The standard InChI is InChI=1S/C58H62N2O4/c1-5-9-13-17-21-35(19-15-11-7-3)59-55(61)45-31-27-41-37-23-25-39-43-29-33-47-54-48(58(64)60(57(47)63)36(20-16-12-8-4)22-18-14-10-6-2)34-30-44(52(43)54)40-26-24-38(49(37)50(39)40)42-28-32-46(56(59)62)53(45)51(41)42/h23-36H,5-22H2,1-4H3. The van der Waals surface area contributed by atoms with Gasteiger partial charge in [0.25, 0.3) is 23.6 Å². The van der Waals surface area contributed by atoms with Crippen LogP contribution in [-0.4, -0.2) is 45.5 Å². The number of unbranched alkanes of at least 4 members (excludes halogenated alkanes) is 10. The molecule has 2 unspecified atom stereocenters. The van der Waals surface area contributed by atoms with Gasteiger partial charge in [0.1, 0.15) is 0 Å². The van der Waals surface area contributed by atoms with Crippen LogP contribution in [0.1, 0.15) is 185 Å². The van der Waals surface area contributed by atoms with Gasteiger partial charge in [-0.25, -0.2) is 0 Å². The molecule has 0 fully saturated rings. The summed E-state index contributed by atoms with van der Waals surface area (Å²) in [5.41, 5.74) is 2.49. The second-order valence-electron chi connectivity index (χ2n) is 19.2. The van der Waals surface area contributed by atoms with E-state index in [0.29, 0.717) is 22.3 Å². The lowest BCUT2D eigenvalue weighted by Gasteiger charge is -2.35. The topological polar surface area (TPSA) is 74.8 Å². The molecule has 8 aromatic rings. The van der Waals surface area contributed by atoms with Crippen molar-refractivity contribution in [1.82, 2.24) is 9.80 Å². The number of amides is 4. The zero-order valence-electron chi connectivity index (χ0n) is 38.3. The number of rotatable bonds is 20. The van der Waals surface area contributed by atoms with Crippen molar-refractivity contribution in [3.63, 3.8) is 0 Å². The highest BCUT2D eigenvalue weighted by atomic mass is 16.2. The molecular weight excluding hydrogens is 789 g/mol. The van der Waals surface area contributed by atoms with Gasteiger partial charge in [-0.2, -0.15) is 0 Å². The van der Waals surface area contributed by atoms with Crippen LogP contribution in [0.25, 0.3) is 75.4 Å². The van der Waals surface area contributed by atoms with Crippen LogP contribution >= 0.6 is 0 Å². The van der Waals surface area contributed by atoms with Crippen molar-refractivity contribution in [2.45, 2.75) is 155 Å². The van der Waals surface area contributed by atoms with E-state index in [9.17, 15) is 19.2 Å². The number of fused-ring (bicyclic) bond motifs is 4. The molecule has 0 spiro atoms. The van der Waals surface area contributed by atoms with Crippen molar-refractivity contribution in [3.8, 4) is 0 Å². The monoisotopic (exact) mass is 850 g/mol. The van der Waals surface area contributed by atoms with Crippen LogP contribution in [-0.2, 0) is 0 Å². The van der Waals surface area contributed by atoms with Gasteiger partial charge < -0.3 is 0 Å². The third-order valence-electron chi connectivity index (χ3n) is 15.2. The summed E-state index contributed by atoms with van der Waals surface area (Å²) >= 11 is 0. The van der Waals surface area contributed by atoms with Gasteiger partial charge in [-0.15, -0.1) is 0 Å². The molecule has 0 saturated heterocycles. The predicted octanol–water partition coefficient (Wildman–Crippen LogP) is 15.7. The van der Waals surface area contributed by atoms with Gasteiger partial charge in [-0.3, -0.25) is 29.0 Å². The normalized spacial score (nSPS) is 15.3.